The fourth-order valence-corrected chi connectivity index (χ4v) is 3.39. The molecule has 0 spiro atoms. The Kier molecular flexibility index (Phi) is 5.87. The van der Waals surface area contributed by atoms with E-state index in [4.69, 9.17) is 4.52 Å². The van der Waals surface area contributed by atoms with E-state index in [-0.39, 0.29) is 24.6 Å². The molecular weight excluding hydrogens is 366 g/mol. The summed E-state index contributed by atoms with van der Waals surface area (Å²) in [6.45, 7) is 0.00436. The van der Waals surface area contributed by atoms with Crippen LogP contribution in [-0.4, -0.2) is 31.8 Å². The van der Waals surface area contributed by atoms with Crippen LogP contribution in [0.1, 0.15) is 5.69 Å². The third-order valence-electron chi connectivity index (χ3n) is 3.70. The first-order valence-electron chi connectivity index (χ1n) is 8.35. The second kappa shape index (κ2) is 8.50. The molecule has 27 heavy (non-hydrogen) atoms. The van der Waals surface area contributed by atoms with Gasteiger partial charge in [0, 0.05) is 23.9 Å². The summed E-state index contributed by atoms with van der Waals surface area (Å²) in [5.74, 6) is 0.0349. The number of nitrogens with one attached hydrogen (secondary N) is 2. The molecule has 0 aliphatic heterocycles. The molecule has 1 aromatic heterocycles. The Morgan fingerprint density at radius 2 is 1.67 bits per heavy atom. The average Bonchev–Trinajstić information content (AvgIpc) is 3.11. The number of anilines is 1. The van der Waals surface area contributed by atoms with Crippen molar-refractivity contribution in [1.29, 1.82) is 0 Å². The van der Waals surface area contributed by atoms with E-state index >= 15 is 0 Å². The van der Waals surface area contributed by atoms with Crippen molar-refractivity contribution in [1.82, 2.24) is 10.5 Å². The van der Waals surface area contributed by atoms with Crippen molar-refractivity contribution in [3.8, 4) is 11.3 Å². The molecule has 0 fully saturated rings. The van der Waals surface area contributed by atoms with Gasteiger partial charge in [-0.15, -0.1) is 0 Å². The smallest absolute Gasteiger partial charge is 0.234 e. The highest BCUT2D eigenvalue weighted by Crippen LogP contribution is 2.19. The Bertz CT molecular complexity index is 986. The lowest BCUT2D eigenvalue weighted by molar-refractivity contribution is -0.120. The lowest BCUT2D eigenvalue weighted by Crippen LogP contribution is -2.32. The van der Waals surface area contributed by atoms with Crippen molar-refractivity contribution < 1.29 is 17.7 Å². The van der Waals surface area contributed by atoms with E-state index in [2.05, 4.69) is 15.2 Å². The van der Waals surface area contributed by atoms with E-state index in [1.54, 1.807) is 36.4 Å². The predicted octanol–water partition coefficient (Wildman–Crippen LogP) is 2.44. The highest BCUT2D eigenvalue weighted by molar-refractivity contribution is 7.92. The largest absolute Gasteiger partial charge is 0.356 e. The molecule has 0 bridgehead atoms. The van der Waals surface area contributed by atoms with Gasteiger partial charge < -0.3 is 9.84 Å². The summed E-state index contributed by atoms with van der Waals surface area (Å²) in [5.41, 5.74) is 1.84. The van der Waals surface area contributed by atoms with Crippen molar-refractivity contribution >= 4 is 21.6 Å². The number of carbonyl (C=O) groups is 1. The first-order chi connectivity index (χ1) is 13.0. The third kappa shape index (κ3) is 5.68. The lowest BCUT2D eigenvalue weighted by Gasteiger charge is -2.08. The molecule has 7 nitrogen and oxygen atoms in total. The summed E-state index contributed by atoms with van der Waals surface area (Å²) >= 11 is 0. The maximum Gasteiger partial charge on any atom is 0.234 e. The Morgan fingerprint density at radius 3 is 2.37 bits per heavy atom. The SMILES string of the molecule is O=C(Cc1cc(-c2ccccc2)on1)NCCS(=O)(=O)Nc1ccccc1. The minimum absolute atomic E-state index is 0.00436. The number of rotatable bonds is 8. The van der Waals surface area contributed by atoms with E-state index in [0.29, 0.717) is 17.1 Å². The van der Waals surface area contributed by atoms with Gasteiger partial charge in [-0.1, -0.05) is 53.7 Å². The van der Waals surface area contributed by atoms with Gasteiger partial charge in [0.25, 0.3) is 0 Å². The highest BCUT2D eigenvalue weighted by atomic mass is 32.2. The molecule has 2 aromatic carbocycles. The van der Waals surface area contributed by atoms with Crippen LogP contribution in [0.15, 0.2) is 71.3 Å². The molecule has 2 N–H and O–H groups in total. The molecule has 3 aromatic rings. The number of hydrogen-bond donors (Lipinski definition) is 2. The van der Waals surface area contributed by atoms with Gasteiger partial charge in [0.15, 0.2) is 5.76 Å². The molecule has 0 atom stereocenters. The fourth-order valence-electron chi connectivity index (χ4n) is 2.42. The van der Waals surface area contributed by atoms with Crippen LogP contribution in [0.5, 0.6) is 0 Å². The third-order valence-corrected chi connectivity index (χ3v) is 4.99. The number of carbonyl (C=O) groups excluding carboxylic acids is 1. The van der Waals surface area contributed by atoms with Crippen LogP contribution in [0.4, 0.5) is 5.69 Å². The topological polar surface area (TPSA) is 101 Å². The van der Waals surface area contributed by atoms with E-state index in [1.807, 2.05) is 30.3 Å². The zero-order valence-electron chi connectivity index (χ0n) is 14.5. The van der Waals surface area contributed by atoms with Crippen LogP contribution >= 0.6 is 0 Å². The van der Waals surface area contributed by atoms with Crippen molar-refractivity contribution in [2.24, 2.45) is 0 Å². The maximum atomic E-state index is 12.0. The number of benzene rings is 2. The van der Waals surface area contributed by atoms with Crippen LogP contribution in [0, 0.1) is 0 Å². The number of sulfonamides is 1. The minimum Gasteiger partial charge on any atom is -0.356 e. The van der Waals surface area contributed by atoms with Crippen LogP contribution in [0.25, 0.3) is 11.3 Å². The van der Waals surface area contributed by atoms with Gasteiger partial charge in [0.1, 0.15) is 0 Å². The lowest BCUT2D eigenvalue weighted by atomic mass is 10.1. The Balaban J connectivity index is 1.47. The number of para-hydroxylation sites is 1. The van der Waals surface area contributed by atoms with E-state index in [1.165, 1.54) is 0 Å². The maximum absolute atomic E-state index is 12.0. The van der Waals surface area contributed by atoms with Crippen LogP contribution in [-0.2, 0) is 21.2 Å². The summed E-state index contributed by atoms with van der Waals surface area (Å²) in [6.07, 6.45) is 0.0164. The van der Waals surface area contributed by atoms with Gasteiger partial charge in [-0.3, -0.25) is 9.52 Å². The molecule has 0 saturated heterocycles. The number of amides is 1. The number of hydrogen-bond acceptors (Lipinski definition) is 5. The van der Waals surface area contributed by atoms with Crippen molar-refractivity contribution in [3.05, 3.63) is 72.4 Å². The van der Waals surface area contributed by atoms with Crippen LogP contribution in [0.2, 0.25) is 0 Å². The molecule has 1 heterocycles. The molecule has 0 aliphatic rings. The van der Waals surface area contributed by atoms with Crippen molar-refractivity contribution in [2.45, 2.75) is 6.42 Å². The van der Waals surface area contributed by atoms with Crippen molar-refractivity contribution in [2.75, 3.05) is 17.0 Å². The van der Waals surface area contributed by atoms with Crippen LogP contribution < -0.4 is 10.0 Å². The average molecular weight is 385 g/mol. The monoisotopic (exact) mass is 385 g/mol. The quantitative estimate of drug-likeness (QED) is 0.620. The summed E-state index contributed by atoms with van der Waals surface area (Å²) < 4.78 is 31.7. The molecular formula is C19H19N3O4S. The fraction of sp³-hybridized carbons (Fsp3) is 0.158. The van der Waals surface area contributed by atoms with E-state index < -0.39 is 10.0 Å². The van der Waals surface area contributed by atoms with Gasteiger partial charge in [-0.05, 0) is 12.1 Å². The molecule has 140 valence electrons. The molecule has 0 aliphatic carbocycles. The highest BCUT2D eigenvalue weighted by Gasteiger charge is 2.13. The zero-order valence-corrected chi connectivity index (χ0v) is 15.3. The Morgan fingerprint density at radius 1 is 1.00 bits per heavy atom. The van der Waals surface area contributed by atoms with Crippen LogP contribution in [0.3, 0.4) is 0 Å². The first-order valence-corrected chi connectivity index (χ1v) is 10.0. The summed E-state index contributed by atoms with van der Waals surface area (Å²) in [5, 5.41) is 6.46. The molecule has 3 rings (SSSR count). The second-order valence-corrected chi connectivity index (χ2v) is 7.70. The Hall–Kier alpha value is -3.13. The number of nitrogens with zero attached hydrogens (tertiary/aromatic N) is 1. The molecule has 0 unspecified atom stereocenters. The second-order valence-electron chi connectivity index (χ2n) is 5.86. The molecule has 1 amide bonds. The van der Waals surface area contributed by atoms with E-state index in [9.17, 15) is 13.2 Å². The summed E-state index contributed by atoms with van der Waals surface area (Å²) in [7, 11) is -3.53. The van der Waals surface area contributed by atoms with E-state index in [0.717, 1.165) is 5.56 Å². The van der Waals surface area contributed by atoms with Gasteiger partial charge in [-0.2, -0.15) is 0 Å². The minimum atomic E-state index is -3.53. The molecule has 0 saturated carbocycles. The summed E-state index contributed by atoms with van der Waals surface area (Å²) in [6, 6.07) is 19.7. The van der Waals surface area contributed by atoms with Gasteiger partial charge in [0.05, 0.1) is 17.9 Å². The zero-order chi connectivity index (χ0) is 19.1. The van der Waals surface area contributed by atoms with Crippen molar-refractivity contribution in [3.63, 3.8) is 0 Å². The molecule has 0 radical (unpaired) electrons. The predicted molar refractivity (Wildman–Crippen MR) is 103 cm³/mol. The Labute approximate surface area is 157 Å². The first kappa shape index (κ1) is 18.7. The molecule has 8 heteroatoms. The normalized spacial score (nSPS) is 11.1. The number of aromatic nitrogens is 1. The van der Waals surface area contributed by atoms with Gasteiger partial charge in [-0.25, -0.2) is 8.42 Å². The van der Waals surface area contributed by atoms with Gasteiger partial charge in [0.2, 0.25) is 15.9 Å². The van der Waals surface area contributed by atoms with Gasteiger partial charge >= 0.3 is 0 Å². The standard InChI is InChI=1S/C19H19N3O4S/c23-19(14-17-13-18(26-21-17)15-7-3-1-4-8-15)20-11-12-27(24,25)22-16-9-5-2-6-10-16/h1-10,13,22H,11-12,14H2,(H,20,23). The summed E-state index contributed by atoms with van der Waals surface area (Å²) in [4.78, 5) is 12.0.